The third kappa shape index (κ3) is 5.85. The van der Waals surface area contributed by atoms with E-state index in [1.807, 2.05) is 4.90 Å². The summed E-state index contributed by atoms with van der Waals surface area (Å²) < 4.78 is 12.1. The number of allylic oxidation sites excluding steroid dienone is 1. The maximum Gasteiger partial charge on any atom is 0.309 e. The van der Waals surface area contributed by atoms with Gasteiger partial charge in [-0.15, -0.1) is 0 Å². The average molecular weight is 802 g/mol. The van der Waals surface area contributed by atoms with Crippen molar-refractivity contribution in [1.29, 1.82) is 0 Å². The number of amides is 1. The predicted octanol–water partition coefficient (Wildman–Crippen LogP) is 10.3. The summed E-state index contributed by atoms with van der Waals surface area (Å²) in [5.74, 6) is 3.11. The van der Waals surface area contributed by atoms with Gasteiger partial charge in [-0.3, -0.25) is 19.2 Å². The zero-order valence-corrected chi connectivity index (χ0v) is 38.4. The smallest absolute Gasteiger partial charge is 0.309 e. The molecule has 8 aliphatic rings. The lowest BCUT2D eigenvalue weighted by molar-refractivity contribution is -0.250. The Labute approximate surface area is 351 Å². The fraction of sp³-hybridized carbons (Fsp3) is 0.882. The first-order valence-electron chi connectivity index (χ1n) is 23.7. The summed E-state index contributed by atoms with van der Waals surface area (Å²) in [7, 11) is 0. The Balaban J connectivity index is 1.00. The highest BCUT2D eigenvalue weighted by molar-refractivity contribution is 5.87. The molecule has 1 heterocycles. The molecule has 8 fully saturated rings. The molecule has 0 spiro atoms. The molecule has 1 amide bonds. The van der Waals surface area contributed by atoms with Gasteiger partial charge in [-0.2, -0.15) is 0 Å². The Morgan fingerprint density at radius 2 is 1.38 bits per heavy atom. The number of hydrogen-bond donors (Lipinski definition) is 0. The minimum atomic E-state index is -0.345. The van der Waals surface area contributed by atoms with E-state index in [0.717, 1.165) is 51.4 Å². The van der Waals surface area contributed by atoms with Crippen molar-refractivity contribution in [2.75, 3.05) is 26.3 Å². The fourth-order valence-electron chi connectivity index (χ4n) is 17.3. The van der Waals surface area contributed by atoms with Crippen molar-refractivity contribution < 1.29 is 28.7 Å². The Kier molecular flexibility index (Phi) is 10.3. The molecule has 0 aromatic carbocycles. The van der Waals surface area contributed by atoms with Gasteiger partial charge in [0.05, 0.1) is 19.1 Å². The summed E-state index contributed by atoms with van der Waals surface area (Å²) in [5, 5.41) is 0. The number of fused-ring (bicyclic) bond motifs is 7. The van der Waals surface area contributed by atoms with Crippen molar-refractivity contribution in [3.63, 3.8) is 0 Å². The number of rotatable bonds is 8. The van der Waals surface area contributed by atoms with Crippen molar-refractivity contribution in [2.45, 2.75) is 166 Å². The summed E-state index contributed by atoms with van der Waals surface area (Å²) in [5.41, 5.74) is 0.784. The van der Waals surface area contributed by atoms with Gasteiger partial charge in [0.25, 0.3) is 0 Å². The van der Waals surface area contributed by atoms with E-state index in [-0.39, 0.29) is 85.3 Å². The van der Waals surface area contributed by atoms with Crippen LogP contribution in [0, 0.1) is 91.2 Å². The Bertz CT molecular complexity index is 1720. The molecular weight excluding hydrogens is 723 g/mol. The Morgan fingerprint density at radius 3 is 2.00 bits per heavy atom. The molecule has 0 radical (unpaired) electrons. The molecule has 1 unspecified atom stereocenters. The summed E-state index contributed by atoms with van der Waals surface area (Å²) in [6, 6.07) is 0. The van der Waals surface area contributed by atoms with Crippen LogP contribution in [0.1, 0.15) is 160 Å². The Hall–Kier alpha value is -2.02. The number of ketones is 2. The number of carbonyl (C=O) groups is 4. The third-order valence-electron chi connectivity index (χ3n) is 21.4. The molecule has 324 valence electrons. The van der Waals surface area contributed by atoms with Crippen molar-refractivity contribution >= 4 is 23.4 Å². The van der Waals surface area contributed by atoms with Crippen LogP contribution in [0.4, 0.5) is 0 Å². The number of esters is 1. The first-order valence-corrected chi connectivity index (χ1v) is 23.7. The zero-order valence-electron chi connectivity index (χ0n) is 38.4. The number of ether oxygens (including phenoxy) is 2. The summed E-state index contributed by atoms with van der Waals surface area (Å²) in [4.78, 5) is 56.8. The highest BCUT2D eigenvalue weighted by atomic mass is 16.5. The van der Waals surface area contributed by atoms with Crippen LogP contribution < -0.4 is 0 Å². The monoisotopic (exact) mass is 802 g/mol. The molecule has 8 rings (SSSR count). The quantitative estimate of drug-likeness (QED) is 0.179. The second-order valence-corrected chi connectivity index (χ2v) is 24.3. The van der Waals surface area contributed by atoms with Gasteiger partial charge >= 0.3 is 5.97 Å². The predicted molar refractivity (Wildman–Crippen MR) is 227 cm³/mol. The van der Waals surface area contributed by atoms with E-state index in [1.54, 1.807) is 6.92 Å². The summed E-state index contributed by atoms with van der Waals surface area (Å²) in [6.07, 6.45) is 12.8. The van der Waals surface area contributed by atoms with Crippen LogP contribution >= 0.6 is 0 Å². The van der Waals surface area contributed by atoms with Crippen LogP contribution in [0.5, 0.6) is 0 Å². The van der Waals surface area contributed by atoms with Gasteiger partial charge in [-0.05, 0) is 153 Å². The lowest BCUT2D eigenvalue weighted by atomic mass is 9.32. The summed E-state index contributed by atoms with van der Waals surface area (Å²) >= 11 is 0. The van der Waals surface area contributed by atoms with E-state index in [9.17, 15) is 14.4 Å². The number of nitrogens with zero attached hydrogens (tertiary/aromatic N) is 1. The van der Waals surface area contributed by atoms with Crippen molar-refractivity contribution in [2.24, 2.45) is 91.2 Å². The van der Waals surface area contributed by atoms with Crippen LogP contribution in [0.3, 0.4) is 0 Å². The van der Waals surface area contributed by atoms with Gasteiger partial charge in [0.2, 0.25) is 5.91 Å². The first-order chi connectivity index (χ1) is 27.0. The highest BCUT2D eigenvalue weighted by Crippen LogP contribution is 2.78. The first kappa shape index (κ1) is 42.7. The molecule has 7 saturated carbocycles. The van der Waals surface area contributed by atoms with Crippen molar-refractivity contribution in [3.05, 3.63) is 12.2 Å². The van der Waals surface area contributed by atoms with Crippen molar-refractivity contribution in [1.82, 2.24) is 4.90 Å². The molecule has 0 aromatic heterocycles. The average Bonchev–Trinajstić information content (AvgIpc) is 3.55. The largest absolute Gasteiger partial charge is 0.462 e. The van der Waals surface area contributed by atoms with Gasteiger partial charge in [0, 0.05) is 42.2 Å². The second kappa shape index (κ2) is 14.0. The van der Waals surface area contributed by atoms with E-state index in [0.29, 0.717) is 74.5 Å². The van der Waals surface area contributed by atoms with Gasteiger partial charge in [0.15, 0.2) is 0 Å². The standard InChI is InChI=1S/C51H79NO6/c1-30(2)33-15-20-51(40(54)28-32-27-36(45(32,4)5)43(55)52-23-25-57-26-24-52)22-21-49(11)34(42(33)51)13-14-39-48(10)18-17-41(47(8,9)38(48)16-19-50(39,49)12)58-44(56)37-29-35(31(3)53)46(37,6)7/h32-39,41-42H,1,13-29H2,2-12H3/t32-,33+,34-,35+,36+,37-,38+,39-,41+,42?,48+,49-,50-,51-/m1/s1. The normalized spacial score (nSPS) is 47.1. The fourth-order valence-corrected chi connectivity index (χ4v) is 17.3. The van der Waals surface area contributed by atoms with E-state index >= 15 is 4.79 Å². The van der Waals surface area contributed by atoms with Crippen molar-refractivity contribution in [3.8, 4) is 0 Å². The topological polar surface area (TPSA) is 90.0 Å². The summed E-state index contributed by atoms with van der Waals surface area (Å²) in [6.45, 7) is 32.4. The second-order valence-electron chi connectivity index (χ2n) is 24.3. The molecule has 7 heteroatoms. The van der Waals surface area contributed by atoms with Gasteiger partial charge in [0.1, 0.15) is 17.7 Å². The van der Waals surface area contributed by atoms with E-state index in [2.05, 4.69) is 75.8 Å². The van der Waals surface area contributed by atoms with E-state index < -0.39 is 0 Å². The van der Waals surface area contributed by atoms with Crippen LogP contribution in [-0.2, 0) is 28.7 Å². The number of Topliss-reactive ketones (excluding diaryl/α,β-unsaturated/α-hetero) is 2. The molecule has 0 aromatic rings. The van der Waals surface area contributed by atoms with E-state index in [4.69, 9.17) is 9.47 Å². The SMILES string of the molecule is C=C(C)[C@@H]1CC[C@]2(C(=O)C[C@H]3C[C@@H](C(=O)N4CCOCC4)C3(C)C)CC[C@]3(C)[C@H](CC[C@@H]4[C@@]5(C)CC[C@H](OC(=O)[C@H]6C[C@@H](C(C)=O)C6(C)C)C(C)(C)[C@@H]5CC[C@]43C)C12. The minimum absolute atomic E-state index is 0.00713. The minimum Gasteiger partial charge on any atom is -0.462 e. The molecule has 0 N–H and O–H groups in total. The molecule has 7 nitrogen and oxygen atoms in total. The molecule has 7 aliphatic carbocycles. The van der Waals surface area contributed by atoms with Crippen LogP contribution in [0.25, 0.3) is 0 Å². The lowest BCUT2D eigenvalue weighted by Gasteiger charge is -2.73. The lowest BCUT2D eigenvalue weighted by Crippen LogP contribution is -2.67. The van der Waals surface area contributed by atoms with E-state index in [1.165, 1.54) is 24.8 Å². The number of hydrogen-bond acceptors (Lipinski definition) is 6. The van der Waals surface area contributed by atoms with Gasteiger partial charge in [-0.1, -0.05) is 74.5 Å². The Morgan fingerprint density at radius 1 is 0.690 bits per heavy atom. The molecule has 0 bridgehead atoms. The molecule has 58 heavy (non-hydrogen) atoms. The van der Waals surface area contributed by atoms with Crippen LogP contribution in [-0.4, -0.2) is 60.8 Å². The molecule has 14 atom stereocenters. The molecule has 1 saturated heterocycles. The molecular formula is C51H79NO6. The maximum atomic E-state index is 15.2. The van der Waals surface area contributed by atoms with Gasteiger partial charge < -0.3 is 14.4 Å². The third-order valence-corrected chi connectivity index (χ3v) is 21.4. The number of morpholine rings is 1. The van der Waals surface area contributed by atoms with Crippen LogP contribution in [0.15, 0.2) is 12.2 Å². The van der Waals surface area contributed by atoms with Crippen LogP contribution in [0.2, 0.25) is 0 Å². The number of carbonyl (C=O) groups excluding carboxylic acids is 4. The maximum absolute atomic E-state index is 15.2. The van der Waals surface area contributed by atoms with Gasteiger partial charge in [-0.25, -0.2) is 0 Å². The molecule has 1 aliphatic heterocycles. The zero-order chi connectivity index (χ0) is 42.2. The highest BCUT2D eigenvalue weighted by Gasteiger charge is 2.72.